The average Bonchev–Trinajstić information content (AvgIpc) is 3.38. The second-order valence-corrected chi connectivity index (χ2v) is 23.3. The fourth-order valence-electron chi connectivity index (χ4n) is 10.9. The van der Waals surface area contributed by atoms with Gasteiger partial charge >= 0.3 is 5.97 Å². The number of unbranched alkanes of at least 4 members (excludes halogenated alkanes) is 49. The standard InChI is InChI=1S/C68H133NO3/c1-5-9-13-17-21-22-23-24-25-26-27-28-29-30-31-32-33-34-35-36-37-38-39-40-41-42-43-44-45-46-47-48-49-50-51-52-53-57-61-66(68(71)72-64-60-56-20-16-12-8-4)65-67(70)69(62-58-54-18-14-10-6-2)63-59-55-19-15-11-7-3/h25-26,66H,5-24,27-65H2,1-4H3/b26-25+. The Morgan fingerprint density at radius 2 is 0.569 bits per heavy atom. The molecule has 0 spiro atoms. The van der Waals surface area contributed by atoms with E-state index < -0.39 is 0 Å². The Kier molecular flexibility index (Phi) is 61.1. The zero-order chi connectivity index (χ0) is 52.2. The van der Waals surface area contributed by atoms with Crippen LogP contribution in [0.3, 0.4) is 0 Å². The third-order valence-corrected chi connectivity index (χ3v) is 16.0. The van der Waals surface area contributed by atoms with Crippen LogP contribution in [0.25, 0.3) is 0 Å². The highest BCUT2D eigenvalue weighted by atomic mass is 16.5. The minimum absolute atomic E-state index is 0.114. The van der Waals surface area contributed by atoms with E-state index in [4.69, 9.17) is 4.74 Å². The van der Waals surface area contributed by atoms with Crippen LogP contribution in [0.5, 0.6) is 0 Å². The van der Waals surface area contributed by atoms with E-state index >= 15 is 0 Å². The molecule has 0 aromatic rings. The summed E-state index contributed by atoms with van der Waals surface area (Å²) in [4.78, 5) is 29.5. The average molecular weight is 1010 g/mol. The number of rotatable bonds is 62. The minimum atomic E-state index is -0.291. The Bertz CT molecular complexity index is 1060. The van der Waals surface area contributed by atoms with Gasteiger partial charge in [0.1, 0.15) is 0 Å². The lowest BCUT2D eigenvalue weighted by Crippen LogP contribution is -2.35. The van der Waals surface area contributed by atoms with E-state index in [1.165, 1.54) is 308 Å². The predicted molar refractivity (Wildman–Crippen MR) is 321 cm³/mol. The fraction of sp³-hybridized carbons (Fsp3) is 0.941. The molecule has 0 bridgehead atoms. The predicted octanol–water partition coefficient (Wildman–Crippen LogP) is 23.5. The van der Waals surface area contributed by atoms with Crippen LogP contribution in [0.1, 0.15) is 387 Å². The van der Waals surface area contributed by atoms with Crippen molar-refractivity contribution in [3.63, 3.8) is 0 Å². The lowest BCUT2D eigenvalue weighted by molar-refractivity contribution is -0.152. The first kappa shape index (κ1) is 70.7. The van der Waals surface area contributed by atoms with Crippen molar-refractivity contribution >= 4 is 11.9 Å². The first-order valence-electron chi connectivity index (χ1n) is 33.7. The molecule has 0 saturated carbocycles. The van der Waals surface area contributed by atoms with Crippen LogP contribution in [-0.2, 0) is 14.3 Å². The number of amides is 1. The number of carbonyl (C=O) groups is 2. The van der Waals surface area contributed by atoms with Crippen molar-refractivity contribution in [1.82, 2.24) is 4.90 Å². The maximum Gasteiger partial charge on any atom is 0.309 e. The smallest absolute Gasteiger partial charge is 0.309 e. The van der Waals surface area contributed by atoms with Crippen LogP contribution in [0, 0.1) is 5.92 Å². The number of esters is 1. The molecule has 0 aliphatic carbocycles. The number of carbonyl (C=O) groups excluding carboxylic acids is 2. The molecule has 0 aromatic heterocycles. The zero-order valence-corrected chi connectivity index (χ0v) is 50.1. The lowest BCUT2D eigenvalue weighted by Gasteiger charge is -2.25. The topological polar surface area (TPSA) is 46.6 Å². The highest BCUT2D eigenvalue weighted by Crippen LogP contribution is 2.22. The summed E-state index contributed by atoms with van der Waals surface area (Å²) < 4.78 is 5.88. The molecule has 428 valence electrons. The molecular formula is C68H133NO3. The number of nitrogens with zero attached hydrogens (tertiary/aromatic N) is 1. The molecule has 0 aliphatic rings. The first-order valence-corrected chi connectivity index (χ1v) is 33.7. The van der Waals surface area contributed by atoms with Gasteiger partial charge in [0, 0.05) is 19.5 Å². The Labute approximate surface area is 454 Å². The van der Waals surface area contributed by atoms with Crippen LogP contribution in [0.2, 0.25) is 0 Å². The molecule has 0 N–H and O–H groups in total. The van der Waals surface area contributed by atoms with Gasteiger partial charge in [0.25, 0.3) is 0 Å². The summed E-state index contributed by atoms with van der Waals surface area (Å²) in [7, 11) is 0. The van der Waals surface area contributed by atoms with E-state index in [-0.39, 0.29) is 17.8 Å². The SMILES string of the molecule is CCCCCCCCC/C=C/CCCCCCCCCCCCCCCCCCCCCCCCCCCCCC(CC(=O)N(CCCCCCCC)CCCCCCCC)C(=O)OCCCCCCCC. The molecule has 4 heteroatoms. The molecule has 0 rings (SSSR count). The third kappa shape index (κ3) is 54.9. The molecule has 0 aliphatic heterocycles. The van der Waals surface area contributed by atoms with Gasteiger partial charge in [-0.15, -0.1) is 0 Å². The summed E-state index contributed by atoms with van der Waals surface area (Å²) in [6, 6.07) is 0. The molecule has 0 aromatic carbocycles. The molecule has 0 radical (unpaired) electrons. The molecule has 0 saturated heterocycles. The molecule has 1 amide bonds. The van der Waals surface area contributed by atoms with Gasteiger partial charge in [0.05, 0.1) is 12.5 Å². The second kappa shape index (κ2) is 62.2. The number of ether oxygens (including phenoxy) is 1. The zero-order valence-electron chi connectivity index (χ0n) is 50.1. The molecule has 1 unspecified atom stereocenters. The molecule has 4 nitrogen and oxygen atoms in total. The van der Waals surface area contributed by atoms with Gasteiger partial charge in [0.15, 0.2) is 0 Å². The Morgan fingerprint density at radius 1 is 0.319 bits per heavy atom. The van der Waals surface area contributed by atoms with Gasteiger partial charge in [-0.3, -0.25) is 9.59 Å². The van der Waals surface area contributed by atoms with Crippen LogP contribution in [0.15, 0.2) is 12.2 Å². The molecule has 1 atom stereocenters. The van der Waals surface area contributed by atoms with Crippen molar-refractivity contribution in [2.24, 2.45) is 5.92 Å². The van der Waals surface area contributed by atoms with Crippen molar-refractivity contribution in [3.8, 4) is 0 Å². The van der Waals surface area contributed by atoms with Gasteiger partial charge in [0.2, 0.25) is 5.91 Å². The van der Waals surface area contributed by atoms with Crippen molar-refractivity contribution in [1.29, 1.82) is 0 Å². The van der Waals surface area contributed by atoms with Crippen molar-refractivity contribution < 1.29 is 14.3 Å². The second-order valence-electron chi connectivity index (χ2n) is 23.3. The van der Waals surface area contributed by atoms with Crippen LogP contribution in [-0.4, -0.2) is 36.5 Å². The Hall–Kier alpha value is -1.32. The molecular weight excluding hydrogens is 879 g/mol. The largest absolute Gasteiger partial charge is 0.465 e. The van der Waals surface area contributed by atoms with Crippen LogP contribution >= 0.6 is 0 Å². The van der Waals surface area contributed by atoms with E-state index in [0.717, 1.165) is 58.0 Å². The summed E-state index contributed by atoms with van der Waals surface area (Å²) in [5.74, 6) is -0.216. The molecule has 72 heavy (non-hydrogen) atoms. The molecule has 0 heterocycles. The number of hydrogen-bond acceptors (Lipinski definition) is 3. The van der Waals surface area contributed by atoms with Gasteiger partial charge in [-0.2, -0.15) is 0 Å². The van der Waals surface area contributed by atoms with E-state index in [2.05, 4.69) is 44.7 Å². The summed E-state index contributed by atoms with van der Waals surface area (Å²) in [5.41, 5.74) is 0. The quantitative estimate of drug-likeness (QED) is 0.0346. The third-order valence-electron chi connectivity index (χ3n) is 16.0. The van der Waals surface area contributed by atoms with Gasteiger partial charge in [-0.1, -0.05) is 342 Å². The lowest BCUT2D eigenvalue weighted by atomic mass is 9.96. The van der Waals surface area contributed by atoms with Gasteiger partial charge in [-0.05, 0) is 51.4 Å². The summed E-state index contributed by atoms with van der Waals surface area (Å²) in [6.45, 7) is 11.3. The highest BCUT2D eigenvalue weighted by Gasteiger charge is 2.26. The fourth-order valence-corrected chi connectivity index (χ4v) is 10.9. The number of allylic oxidation sites excluding steroid dienone is 2. The summed E-state index contributed by atoms with van der Waals surface area (Å²) in [6.07, 6.45) is 78.2. The van der Waals surface area contributed by atoms with Crippen molar-refractivity contribution in [2.45, 2.75) is 387 Å². The summed E-state index contributed by atoms with van der Waals surface area (Å²) in [5, 5.41) is 0. The normalized spacial score (nSPS) is 12.1. The van der Waals surface area contributed by atoms with E-state index in [1.54, 1.807) is 0 Å². The number of hydrogen-bond donors (Lipinski definition) is 0. The Balaban J connectivity index is 4.00. The van der Waals surface area contributed by atoms with Crippen LogP contribution < -0.4 is 0 Å². The van der Waals surface area contributed by atoms with Crippen molar-refractivity contribution in [3.05, 3.63) is 12.2 Å². The monoisotopic (exact) mass is 1010 g/mol. The van der Waals surface area contributed by atoms with Gasteiger partial charge < -0.3 is 9.64 Å². The van der Waals surface area contributed by atoms with E-state index in [0.29, 0.717) is 13.0 Å². The van der Waals surface area contributed by atoms with E-state index in [9.17, 15) is 9.59 Å². The summed E-state index contributed by atoms with van der Waals surface area (Å²) >= 11 is 0. The van der Waals surface area contributed by atoms with Gasteiger partial charge in [-0.25, -0.2) is 0 Å². The Morgan fingerprint density at radius 3 is 0.875 bits per heavy atom. The van der Waals surface area contributed by atoms with Crippen LogP contribution in [0.4, 0.5) is 0 Å². The maximum absolute atomic E-state index is 13.9. The van der Waals surface area contributed by atoms with E-state index in [1.807, 2.05) is 0 Å². The first-order chi connectivity index (χ1) is 35.6. The molecule has 0 fully saturated rings. The highest BCUT2D eigenvalue weighted by molar-refractivity contribution is 5.83. The maximum atomic E-state index is 13.9. The van der Waals surface area contributed by atoms with Crippen molar-refractivity contribution in [2.75, 3.05) is 19.7 Å². The minimum Gasteiger partial charge on any atom is -0.465 e.